The van der Waals surface area contributed by atoms with E-state index in [9.17, 15) is 9.59 Å². The second kappa shape index (κ2) is 13.3. The number of aromatic nitrogens is 1. The molecule has 0 spiro atoms. The number of nitrogens with one attached hydrogen (secondary N) is 1. The standard InChI is InChI=1S/C21H37N3O3/c1-5-6-7-8-9-10-11-12-13-14-21(26)24(17(2)3)16-20(25)22-19-15-18(4)27-23-19/h15,17H,5-14,16H2,1-4H3,(H,22,23,25). The van der Waals surface area contributed by atoms with Crippen molar-refractivity contribution in [2.75, 3.05) is 11.9 Å². The van der Waals surface area contributed by atoms with Gasteiger partial charge in [-0.2, -0.15) is 0 Å². The second-order valence-corrected chi connectivity index (χ2v) is 7.56. The summed E-state index contributed by atoms with van der Waals surface area (Å²) in [7, 11) is 0. The first-order chi connectivity index (χ1) is 12.9. The molecule has 0 saturated heterocycles. The highest BCUT2D eigenvalue weighted by Crippen LogP contribution is 2.13. The molecular formula is C21H37N3O3. The number of carbonyl (C=O) groups excluding carboxylic acids is 2. The molecule has 0 saturated carbocycles. The highest BCUT2D eigenvalue weighted by atomic mass is 16.5. The highest BCUT2D eigenvalue weighted by molar-refractivity contribution is 5.93. The van der Waals surface area contributed by atoms with Crippen LogP contribution in [0.15, 0.2) is 10.6 Å². The molecule has 0 atom stereocenters. The van der Waals surface area contributed by atoms with Crippen molar-refractivity contribution in [2.24, 2.45) is 0 Å². The number of hydrogen-bond acceptors (Lipinski definition) is 4. The lowest BCUT2D eigenvalue weighted by Crippen LogP contribution is -2.42. The molecule has 0 aliphatic heterocycles. The van der Waals surface area contributed by atoms with E-state index in [1.54, 1.807) is 17.9 Å². The largest absolute Gasteiger partial charge is 0.360 e. The van der Waals surface area contributed by atoms with Crippen molar-refractivity contribution >= 4 is 17.6 Å². The van der Waals surface area contributed by atoms with E-state index in [-0.39, 0.29) is 24.4 Å². The molecule has 0 unspecified atom stereocenters. The first-order valence-electron chi connectivity index (χ1n) is 10.5. The molecule has 0 aliphatic carbocycles. The molecular weight excluding hydrogens is 342 g/mol. The van der Waals surface area contributed by atoms with E-state index < -0.39 is 0 Å². The lowest BCUT2D eigenvalue weighted by molar-refractivity contribution is -0.136. The van der Waals surface area contributed by atoms with Gasteiger partial charge in [0.05, 0.1) is 0 Å². The minimum Gasteiger partial charge on any atom is -0.360 e. The van der Waals surface area contributed by atoms with Crippen molar-refractivity contribution in [1.82, 2.24) is 10.1 Å². The van der Waals surface area contributed by atoms with Gasteiger partial charge < -0.3 is 14.7 Å². The number of unbranched alkanes of at least 4 members (excludes halogenated alkanes) is 8. The Bertz CT molecular complexity index is 555. The molecule has 27 heavy (non-hydrogen) atoms. The van der Waals surface area contributed by atoms with Gasteiger partial charge in [0.15, 0.2) is 5.82 Å². The molecule has 6 heteroatoms. The number of aryl methyl sites for hydroxylation is 1. The van der Waals surface area contributed by atoms with Crippen molar-refractivity contribution in [3.8, 4) is 0 Å². The fourth-order valence-corrected chi connectivity index (χ4v) is 3.05. The Kier molecular flexibility index (Phi) is 11.5. The van der Waals surface area contributed by atoms with E-state index in [4.69, 9.17) is 4.52 Å². The van der Waals surface area contributed by atoms with Crippen molar-refractivity contribution < 1.29 is 14.1 Å². The maximum atomic E-state index is 12.5. The second-order valence-electron chi connectivity index (χ2n) is 7.56. The molecule has 1 aromatic rings. The van der Waals surface area contributed by atoms with Crippen LogP contribution in [0.1, 0.15) is 90.7 Å². The van der Waals surface area contributed by atoms with Crippen LogP contribution in [0.2, 0.25) is 0 Å². The maximum absolute atomic E-state index is 12.5. The van der Waals surface area contributed by atoms with Crippen LogP contribution in [0.5, 0.6) is 0 Å². The average Bonchev–Trinajstić information content (AvgIpc) is 3.02. The zero-order valence-corrected chi connectivity index (χ0v) is 17.6. The summed E-state index contributed by atoms with van der Waals surface area (Å²) in [5.74, 6) is 0.803. The fourth-order valence-electron chi connectivity index (χ4n) is 3.05. The summed E-state index contributed by atoms with van der Waals surface area (Å²) in [5, 5.41) is 6.41. The van der Waals surface area contributed by atoms with E-state index in [2.05, 4.69) is 17.4 Å². The minimum atomic E-state index is -0.252. The van der Waals surface area contributed by atoms with E-state index in [1.807, 2.05) is 13.8 Å². The van der Waals surface area contributed by atoms with E-state index in [0.717, 1.165) is 12.8 Å². The highest BCUT2D eigenvalue weighted by Gasteiger charge is 2.20. The molecule has 1 heterocycles. The van der Waals surface area contributed by atoms with Crippen LogP contribution in [-0.4, -0.2) is 34.5 Å². The zero-order valence-electron chi connectivity index (χ0n) is 17.6. The lowest BCUT2D eigenvalue weighted by Gasteiger charge is -2.26. The third-order valence-corrected chi connectivity index (χ3v) is 4.65. The van der Waals surface area contributed by atoms with Crippen LogP contribution >= 0.6 is 0 Å². The summed E-state index contributed by atoms with van der Waals surface area (Å²) in [6.07, 6.45) is 11.5. The van der Waals surface area contributed by atoms with Gasteiger partial charge in [-0.05, 0) is 27.2 Å². The van der Waals surface area contributed by atoms with Gasteiger partial charge in [-0.3, -0.25) is 9.59 Å². The maximum Gasteiger partial charge on any atom is 0.245 e. The Morgan fingerprint density at radius 2 is 1.67 bits per heavy atom. The smallest absolute Gasteiger partial charge is 0.245 e. The quantitative estimate of drug-likeness (QED) is 0.457. The van der Waals surface area contributed by atoms with Crippen molar-refractivity contribution in [3.05, 3.63) is 11.8 Å². The van der Waals surface area contributed by atoms with Gasteiger partial charge in [0.25, 0.3) is 0 Å². The number of amides is 2. The van der Waals surface area contributed by atoms with E-state index in [0.29, 0.717) is 18.0 Å². The van der Waals surface area contributed by atoms with E-state index in [1.165, 1.54) is 44.9 Å². The van der Waals surface area contributed by atoms with Crippen LogP contribution in [0, 0.1) is 6.92 Å². The number of nitrogens with zero attached hydrogens (tertiary/aromatic N) is 2. The number of anilines is 1. The Hall–Kier alpha value is -1.85. The third kappa shape index (κ3) is 10.2. The van der Waals surface area contributed by atoms with Crippen LogP contribution in [0.25, 0.3) is 0 Å². The number of rotatable bonds is 14. The molecule has 0 aliphatic rings. The summed E-state index contributed by atoms with van der Waals surface area (Å²) in [6, 6.07) is 1.64. The molecule has 1 rings (SSSR count). The summed E-state index contributed by atoms with van der Waals surface area (Å²) in [5.41, 5.74) is 0. The zero-order chi connectivity index (χ0) is 20.1. The molecule has 0 fully saturated rings. The van der Waals surface area contributed by atoms with E-state index >= 15 is 0 Å². The van der Waals surface area contributed by atoms with Gasteiger partial charge in [0, 0.05) is 18.5 Å². The van der Waals surface area contributed by atoms with Crippen LogP contribution in [0.4, 0.5) is 5.82 Å². The summed E-state index contributed by atoms with van der Waals surface area (Å²) >= 11 is 0. The number of hydrogen-bond donors (Lipinski definition) is 1. The third-order valence-electron chi connectivity index (χ3n) is 4.65. The molecule has 0 radical (unpaired) electrons. The Morgan fingerprint density at radius 3 is 2.19 bits per heavy atom. The van der Waals surface area contributed by atoms with Gasteiger partial charge in [0.2, 0.25) is 11.8 Å². The van der Waals surface area contributed by atoms with Gasteiger partial charge in [0.1, 0.15) is 12.3 Å². The Morgan fingerprint density at radius 1 is 1.07 bits per heavy atom. The van der Waals surface area contributed by atoms with Crippen molar-refractivity contribution in [1.29, 1.82) is 0 Å². The summed E-state index contributed by atoms with van der Waals surface area (Å²) in [6.45, 7) is 7.90. The van der Waals surface area contributed by atoms with Crippen molar-refractivity contribution in [3.63, 3.8) is 0 Å². The van der Waals surface area contributed by atoms with Crippen molar-refractivity contribution in [2.45, 2.75) is 97.9 Å². The number of carbonyl (C=O) groups is 2. The van der Waals surface area contributed by atoms with Crippen LogP contribution in [0.3, 0.4) is 0 Å². The average molecular weight is 380 g/mol. The van der Waals surface area contributed by atoms with Gasteiger partial charge >= 0.3 is 0 Å². The van der Waals surface area contributed by atoms with Gasteiger partial charge in [-0.25, -0.2) is 0 Å². The summed E-state index contributed by atoms with van der Waals surface area (Å²) < 4.78 is 4.93. The molecule has 2 amide bonds. The predicted molar refractivity (Wildman–Crippen MR) is 109 cm³/mol. The fraction of sp³-hybridized carbons (Fsp3) is 0.762. The first kappa shape index (κ1) is 23.2. The molecule has 1 aromatic heterocycles. The SMILES string of the molecule is CCCCCCCCCCCC(=O)N(CC(=O)Nc1cc(C)on1)C(C)C. The summed E-state index contributed by atoms with van der Waals surface area (Å²) in [4.78, 5) is 26.3. The molecule has 0 bridgehead atoms. The van der Waals surface area contributed by atoms with Gasteiger partial charge in [-0.1, -0.05) is 63.4 Å². The van der Waals surface area contributed by atoms with Gasteiger partial charge in [-0.15, -0.1) is 0 Å². The molecule has 6 nitrogen and oxygen atoms in total. The predicted octanol–water partition coefficient (Wildman–Crippen LogP) is 5.08. The van der Waals surface area contributed by atoms with Crippen LogP contribution < -0.4 is 5.32 Å². The molecule has 0 aromatic carbocycles. The Labute approximate surface area is 164 Å². The minimum absolute atomic E-state index is 0.0131. The monoisotopic (exact) mass is 379 g/mol. The normalized spacial score (nSPS) is 11.0. The first-order valence-corrected chi connectivity index (χ1v) is 10.5. The molecule has 1 N–H and O–H groups in total. The topological polar surface area (TPSA) is 75.4 Å². The molecule has 154 valence electrons. The lowest BCUT2D eigenvalue weighted by atomic mass is 10.1. The van der Waals surface area contributed by atoms with Crippen LogP contribution in [-0.2, 0) is 9.59 Å². The Balaban J connectivity index is 2.25.